The van der Waals surface area contributed by atoms with Crippen LogP contribution < -0.4 is 4.52 Å². The van der Waals surface area contributed by atoms with Crippen molar-refractivity contribution in [3.8, 4) is 0 Å². The maximum atomic E-state index is 4.42. The SMILES string of the molecule is CSc1n[n+]2cnc3ccccc3c2s1. The number of thioether (sulfide) groups is 1. The summed E-state index contributed by atoms with van der Waals surface area (Å²) in [6, 6.07) is 8.14. The zero-order valence-electron chi connectivity index (χ0n) is 8.04. The van der Waals surface area contributed by atoms with Gasteiger partial charge in [-0.1, -0.05) is 44.8 Å². The van der Waals surface area contributed by atoms with Gasteiger partial charge in [-0.15, -0.1) is 0 Å². The molecule has 3 aromatic rings. The van der Waals surface area contributed by atoms with Gasteiger partial charge in [-0.3, -0.25) is 0 Å². The van der Waals surface area contributed by atoms with Crippen molar-refractivity contribution >= 4 is 38.8 Å². The highest BCUT2D eigenvalue weighted by molar-refractivity contribution is 8.00. The van der Waals surface area contributed by atoms with Crippen molar-refractivity contribution in [3.63, 3.8) is 0 Å². The minimum Gasteiger partial charge on any atom is -0.0950 e. The molecule has 0 saturated heterocycles. The Kier molecular flexibility index (Phi) is 2.07. The van der Waals surface area contributed by atoms with Crippen molar-refractivity contribution in [3.05, 3.63) is 30.6 Å². The molecule has 0 aliphatic heterocycles. The summed E-state index contributed by atoms with van der Waals surface area (Å²) in [5.41, 5.74) is 1.02. The first kappa shape index (κ1) is 9.06. The predicted molar refractivity (Wildman–Crippen MR) is 62.4 cm³/mol. The normalized spacial score (nSPS) is 11.3. The summed E-state index contributed by atoms with van der Waals surface area (Å²) in [6.45, 7) is 0. The van der Waals surface area contributed by atoms with Crippen molar-refractivity contribution in [1.82, 2.24) is 10.1 Å². The summed E-state index contributed by atoms with van der Waals surface area (Å²) in [4.78, 5) is 5.51. The van der Waals surface area contributed by atoms with Crippen LogP contribution in [0.4, 0.5) is 0 Å². The van der Waals surface area contributed by atoms with Crippen LogP contribution in [0.3, 0.4) is 0 Å². The van der Waals surface area contributed by atoms with Crippen LogP contribution >= 0.6 is 23.1 Å². The van der Waals surface area contributed by atoms with Crippen LogP contribution in [0.2, 0.25) is 0 Å². The van der Waals surface area contributed by atoms with Crippen LogP contribution in [-0.4, -0.2) is 16.3 Å². The Hall–Kier alpha value is -1.20. The van der Waals surface area contributed by atoms with E-state index in [0.717, 1.165) is 20.1 Å². The van der Waals surface area contributed by atoms with E-state index in [1.807, 2.05) is 29.0 Å². The van der Waals surface area contributed by atoms with Gasteiger partial charge in [0.15, 0.2) is 9.86 Å². The van der Waals surface area contributed by atoms with Gasteiger partial charge in [0, 0.05) is 0 Å². The Balaban J connectivity index is 2.47. The Labute approximate surface area is 94.8 Å². The lowest BCUT2D eigenvalue weighted by Crippen LogP contribution is -2.23. The lowest BCUT2D eigenvalue weighted by atomic mass is 10.2. The smallest absolute Gasteiger partial charge is 0.0950 e. The number of para-hydroxylation sites is 1. The monoisotopic (exact) mass is 234 g/mol. The minimum atomic E-state index is 1.02. The molecule has 3 nitrogen and oxygen atoms in total. The molecule has 0 atom stereocenters. The number of hydrogen-bond donors (Lipinski definition) is 0. The van der Waals surface area contributed by atoms with Crippen molar-refractivity contribution in [2.75, 3.05) is 6.26 Å². The quantitative estimate of drug-likeness (QED) is 0.477. The van der Waals surface area contributed by atoms with Gasteiger partial charge in [0.25, 0.3) is 0 Å². The maximum absolute atomic E-state index is 4.42. The van der Waals surface area contributed by atoms with Gasteiger partial charge in [-0.25, -0.2) is 0 Å². The molecule has 0 aliphatic carbocycles. The molecule has 0 unspecified atom stereocenters. The molecule has 0 aliphatic rings. The Bertz CT molecular complexity index is 633. The van der Waals surface area contributed by atoms with Crippen LogP contribution in [0.25, 0.3) is 15.7 Å². The van der Waals surface area contributed by atoms with E-state index in [2.05, 4.69) is 16.1 Å². The molecule has 15 heavy (non-hydrogen) atoms. The topological polar surface area (TPSA) is 29.9 Å². The van der Waals surface area contributed by atoms with Gasteiger partial charge < -0.3 is 0 Å². The van der Waals surface area contributed by atoms with E-state index in [4.69, 9.17) is 0 Å². The van der Waals surface area contributed by atoms with Crippen molar-refractivity contribution in [2.45, 2.75) is 4.34 Å². The summed E-state index contributed by atoms with van der Waals surface area (Å²) in [5.74, 6) is 0. The Morgan fingerprint density at radius 3 is 3.07 bits per heavy atom. The second kappa shape index (κ2) is 3.43. The van der Waals surface area contributed by atoms with E-state index in [1.165, 1.54) is 0 Å². The van der Waals surface area contributed by atoms with Gasteiger partial charge in [-0.2, -0.15) is 0 Å². The zero-order valence-corrected chi connectivity index (χ0v) is 9.68. The molecule has 0 spiro atoms. The molecule has 0 radical (unpaired) electrons. The summed E-state index contributed by atoms with van der Waals surface area (Å²) in [5, 5.41) is 5.58. The number of rotatable bonds is 1. The third-order valence-corrected chi connectivity index (χ3v) is 4.23. The fourth-order valence-electron chi connectivity index (χ4n) is 1.51. The molecule has 0 fully saturated rings. The molecule has 3 rings (SSSR count). The average Bonchev–Trinajstić information content (AvgIpc) is 2.72. The van der Waals surface area contributed by atoms with Crippen LogP contribution in [0.1, 0.15) is 0 Å². The van der Waals surface area contributed by atoms with Gasteiger partial charge in [0.1, 0.15) is 0 Å². The highest BCUT2D eigenvalue weighted by Crippen LogP contribution is 2.24. The molecule has 0 bridgehead atoms. The Morgan fingerprint density at radius 1 is 1.33 bits per heavy atom. The fraction of sp³-hybridized carbons (Fsp3) is 0.100. The van der Waals surface area contributed by atoms with Gasteiger partial charge in [0.2, 0.25) is 4.83 Å². The van der Waals surface area contributed by atoms with Crippen molar-refractivity contribution in [2.24, 2.45) is 0 Å². The summed E-state index contributed by atoms with van der Waals surface area (Å²) in [6.07, 6.45) is 3.81. The van der Waals surface area contributed by atoms with E-state index in [0.29, 0.717) is 0 Å². The van der Waals surface area contributed by atoms with E-state index in [1.54, 1.807) is 29.4 Å². The molecule has 2 heterocycles. The maximum Gasteiger partial charge on any atom is 0.313 e. The summed E-state index contributed by atoms with van der Waals surface area (Å²) < 4.78 is 2.91. The molecule has 1 aromatic carbocycles. The molecular weight excluding hydrogens is 226 g/mol. The molecule has 74 valence electrons. The number of aromatic nitrogens is 3. The largest absolute Gasteiger partial charge is 0.313 e. The van der Waals surface area contributed by atoms with Gasteiger partial charge in [0.05, 0.1) is 5.39 Å². The number of hydrogen-bond acceptors (Lipinski definition) is 4. The van der Waals surface area contributed by atoms with Crippen LogP contribution in [0, 0.1) is 0 Å². The zero-order chi connectivity index (χ0) is 10.3. The van der Waals surface area contributed by atoms with E-state index >= 15 is 0 Å². The molecule has 0 amide bonds. The molecular formula is C10H8N3S2+. The molecule has 0 saturated carbocycles. The lowest BCUT2D eigenvalue weighted by Gasteiger charge is -1.88. The molecule has 0 N–H and O–H groups in total. The predicted octanol–water partition coefficient (Wildman–Crippen LogP) is 2.15. The fourth-order valence-corrected chi connectivity index (χ4v) is 3.00. The van der Waals surface area contributed by atoms with Crippen molar-refractivity contribution < 1.29 is 4.52 Å². The van der Waals surface area contributed by atoms with E-state index < -0.39 is 0 Å². The first-order chi connectivity index (χ1) is 7.38. The second-order valence-electron chi connectivity index (χ2n) is 3.08. The van der Waals surface area contributed by atoms with Crippen LogP contribution in [0.5, 0.6) is 0 Å². The van der Waals surface area contributed by atoms with Gasteiger partial charge >= 0.3 is 6.33 Å². The first-order valence-corrected chi connectivity index (χ1v) is 6.53. The standard InChI is InChI=1S/C10H8N3S2/c1-14-10-12-13-6-11-8-5-3-2-4-7(8)9(13)15-10/h2-6H,1H3/q+1. The van der Waals surface area contributed by atoms with E-state index in [9.17, 15) is 0 Å². The minimum absolute atomic E-state index is 1.02. The first-order valence-electron chi connectivity index (χ1n) is 4.49. The van der Waals surface area contributed by atoms with Crippen LogP contribution in [0.15, 0.2) is 34.9 Å². The number of benzene rings is 1. The van der Waals surface area contributed by atoms with Gasteiger partial charge in [-0.05, 0) is 23.4 Å². The third kappa shape index (κ3) is 1.39. The highest BCUT2D eigenvalue weighted by Gasteiger charge is 2.13. The highest BCUT2D eigenvalue weighted by atomic mass is 32.2. The Morgan fingerprint density at radius 2 is 2.20 bits per heavy atom. The molecule has 5 heteroatoms. The average molecular weight is 234 g/mol. The number of fused-ring (bicyclic) bond motifs is 3. The number of nitrogens with zero attached hydrogens (tertiary/aromatic N) is 3. The van der Waals surface area contributed by atoms with Crippen LogP contribution in [-0.2, 0) is 0 Å². The summed E-state index contributed by atoms with van der Waals surface area (Å²) >= 11 is 3.36. The van der Waals surface area contributed by atoms with E-state index in [-0.39, 0.29) is 0 Å². The molecule has 2 aromatic heterocycles. The second-order valence-corrected chi connectivity index (χ2v) is 5.11. The lowest BCUT2D eigenvalue weighted by molar-refractivity contribution is -0.581. The van der Waals surface area contributed by atoms with Crippen molar-refractivity contribution in [1.29, 1.82) is 0 Å². The third-order valence-electron chi connectivity index (χ3n) is 2.20. The summed E-state index contributed by atoms with van der Waals surface area (Å²) in [7, 11) is 0.